The number of thiophene rings is 1. The van der Waals surface area contributed by atoms with Crippen molar-refractivity contribution >= 4 is 34.9 Å². The van der Waals surface area contributed by atoms with E-state index in [2.05, 4.69) is 15.5 Å². The van der Waals surface area contributed by atoms with Crippen molar-refractivity contribution in [1.82, 2.24) is 10.2 Å². The van der Waals surface area contributed by atoms with Crippen LogP contribution in [0.2, 0.25) is 4.34 Å². The summed E-state index contributed by atoms with van der Waals surface area (Å²) in [6.45, 7) is 2.52. The zero-order valence-corrected chi connectivity index (χ0v) is 13.6. The second kappa shape index (κ2) is 6.80. The number of halogens is 1. The van der Waals surface area contributed by atoms with Gasteiger partial charge in [-0.25, -0.2) is 0 Å². The predicted molar refractivity (Wildman–Crippen MR) is 88.2 cm³/mol. The molecular formula is C15H12ClN3O3S. The minimum atomic E-state index is -0.344. The summed E-state index contributed by atoms with van der Waals surface area (Å²) in [6.07, 6.45) is 0. The molecule has 0 bridgehead atoms. The molecule has 0 atom stereocenters. The standard InChI is InChI=1S/C15H12ClN3O3S/c1-2-21-10-5-3-9(4-6-10)14-18-19-15(22-14)17-13(20)11-7-8-12(16)23-11/h3-8H,2H2,1H3,(H,17,19,20). The number of hydrogen-bond acceptors (Lipinski definition) is 6. The quantitative estimate of drug-likeness (QED) is 0.750. The van der Waals surface area contributed by atoms with Crippen molar-refractivity contribution in [2.75, 3.05) is 11.9 Å². The predicted octanol–water partition coefficient (Wildman–Crippen LogP) is 4.10. The molecular weight excluding hydrogens is 338 g/mol. The zero-order valence-electron chi connectivity index (χ0n) is 12.1. The average molecular weight is 350 g/mol. The Labute approximate surface area is 141 Å². The topological polar surface area (TPSA) is 77.3 Å². The van der Waals surface area contributed by atoms with Crippen LogP contribution in [0.3, 0.4) is 0 Å². The highest BCUT2D eigenvalue weighted by molar-refractivity contribution is 7.18. The lowest BCUT2D eigenvalue weighted by atomic mass is 10.2. The van der Waals surface area contributed by atoms with E-state index < -0.39 is 0 Å². The number of nitrogens with one attached hydrogen (secondary N) is 1. The van der Waals surface area contributed by atoms with Gasteiger partial charge in [-0.3, -0.25) is 10.1 Å². The highest BCUT2D eigenvalue weighted by Crippen LogP contribution is 2.24. The Morgan fingerprint density at radius 3 is 2.70 bits per heavy atom. The van der Waals surface area contributed by atoms with Crippen molar-refractivity contribution in [3.05, 3.63) is 45.6 Å². The summed E-state index contributed by atoms with van der Waals surface area (Å²) in [5.74, 6) is 0.732. The lowest BCUT2D eigenvalue weighted by Gasteiger charge is -2.02. The fourth-order valence-corrected chi connectivity index (χ4v) is 2.78. The monoisotopic (exact) mass is 349 g/mol. The van der Waals surface area contributed by atoms with E-state index in [0.29, 0.717) is 21.7 Å². The first-order valence-electron chi connectivity index (χ1n) is 6.79. The van der Waals surface area contributed by atoms with Crippen LogP contribution >= 0.6 is 22.9 Å². The van der Waals surface area contributed by atoms with E-state index >= 15 is 0 Å². The first-order valence-corrected chi connectivity index (χ1v) is 7.98. The molecule has 1 aromatic carbocycles. The number of carbonyl (C=O) groups is 1. The molecule has 3 aromatic rings. The largest absolute Gasteiger partial charge is 0.494 e. The van der Waals surface area contributed by atoms with E-state index in [-0.39, 0.29) is 11.9 Å². The van der Waals surface area contributed by atoms with Gasteiger partial charge in [-0.05, 0) is 43.3 Å². The van der Waals surface area contributed by atoms with Gasteiger partial charge in [0.05, 0.1) is 15.8 Å². The van der Waals surface area contributed by atoms with Crippen molar-refractivity contribution < 1.29 is 13.9 Å². The number of benzene rings is 1. The second-order valence-electron chi connectivity index (χ2n) is 4.43. The van der Waals surface area contributed by atoms with Crippen LogP contribution in [0, 0.1) is 0 Å². The molecule has 0 aliphatic rings. The van der Waals surface area contributed by atoms with Crippen LogP contribution in [-0.2, 0) is 0 Å². The number of hydrogen-bond donors (Lipinski definition) is 1. The average Bonchev–Trinajstić information content (AvgIpc) is 3.18. The van der Waals surface area contributed by atoms with E-state index in [1.807, 2.05) is 31.2 Å². The fourth-order valence-electron chi connectivity index (χ4n) is 1.85. The number of nitrogens with zero attached hydrogens (tertiary/aromatic N) is 2. The molecule has 118 valence electrons. The summed E-state index contributed by atoms with van der Waals surface area (Å²) in [5.41, 5.74) is 0.737. The van der Waals surface area contributed by atoms with Crippen molar-refractivity contribution in [1.29, 1.82) is 0 Å². The van der Waals surface area contributed by atoms with Gasteiger partial charge in [-0.2, -0.15) is 0 Å². The number of anilines is 1. The van der Waals surface area contributed by atoms with Gasteiger partial charge in [0.15, 0.2) is 0 Å². The molecule has 1 amide bonds. The van der Waals surface area contributed by atoms with Crippen LogP contribution in [-0.4, -0.2) is 22.7 Å². The summed E-state index contributed by atoms with van der Waals surface area (Å²) >= 11 is 6.98. The molecule has 8 heteroatoms. The van der Waals surface area contributed by atoms with E-state index in [9.17, 15) is 4.79 Å². The molecule has 0 aliphatic carbocycles. The Bertz CT molecular complexity index is 813. The van der Waals surface area contributed by atoms with Crippen molar-refractivity contribution in [2.45, 2.75) is 6.92 Å². The van der Waals surface area contributed by atoms with Gasteiger partial charge >= 0.3 is 6.01 Å². The summed E-state index contributed by atoms with van der Waals surface area (Å²) in [4.78, 5) is 12.5. The van der Waals surface area contributed by atoms with E-state index in [1.54, 1.807) is 12.1 Å². The first-order chi connectivity index (χ1) is 11.2. The minimum Gasteiger partial charge on any atom is -0.494 e. The van der Waals surface area contributed by atoms with Crippen LogP contribution in [0.25, 0.3) is 11.5 Å². The lowest BCUT2D eigenvalue weighted by molar-refractivity contribution is 0.102. The highest BCUT2D eigenvalue weighted by Gasteiger charge is 2.14. The maximum atomic E-state index is 12.0. The number of rotatable bonds is 5. The lowest BCUT2D eigenvalue weighted by Crippen LogP contribution is -2.10. The van der Waals surface area contributed by atoms with Crippen molar-refractivity contribution in [3.8, 4) is 17.2 Å². The molecule has 0 unspecified atom stereocenters. The third-order valence-corrected chi connectivity index (χ3v) is 4.08. The van der Waals surface area contributed by atoms with Gasteiger partial charge in [-0.15, -0.1) is 16.4 Å². The zero-order chi connectivity index (χ0) is 16.2. The van der Waals surface area contributed by atoms with Gasteiger partial charge in [0.2, 0.25) is 5.89 Å². The van der Waals surface area contributed by atoms with Gasteiger partial charge in [0.25, 0.3) is 5.91 Å². The molecule has 6 nitrogen and oxygen atoms in total. The van der Waals surface area contributed by atoms with Crippen LogP contribution < -0.4 is 10.1 Å². The Morgan fingerprint density at radius 2 is 2.04 bits per heavy atom. The Hall–Kier alpha value is -2.38. The summed E-state index contributed by atoms with van der Waals surface area (Å²) in [6, 6.07) is 10.6. The van der Waals surface area contributed by atoms with Gasteiger partial charge in [0.1, 0.15) is 5.75 Å². The van der Waals surface area contributed by atoms with Crippen LogP contribution in [0.1, 0.15) is 16.6 Å². The van der Waals surface area contributed by atoms with Crippen molar-refractivity contribution in [3.63, 3.8) is 0 Å². The Kier molecular flexibility index (Phi) is 4.59. The molecule has 1 N–H and O–H groups in total. The van der Waals surface area contributed by atoms with E-state index in [0.717, 1.165) is 11.3 Å². The van der Waals surface area contributed by atoms with Gasteiger partial charge < -0.3 is 9.15 Å². The van der Waals surface area contributed by atoms with Gasteiger partial charge in [-0.1, -0.05) is 16.7 Å². The van der Waals surface area contributed by atoms with E-state index in [1.165, 1.54) is 11.3 Å². The summed E-state index contributed by atoms with van der Waals surface area (Å²) in [7, 11) is 0. The van der Waals surface area contributed by atoms with Crippen molar-refractivity contribution in [2.24, 2.45) is 0 Å². The van der Waals surface area contributed by atoms with Crippen LogP contribution in [0.5, 0.6) is 5.75 Å². The molecule has 2 heterocycles. The highest BCUT2D eigenvalue weighted by atomic mass is 35.5. The number of aromatic nitrogens is 2. The number of carbonyl (C=O) groups excluding carboxylic acids is 1. The smallest absolute Gasteiger partial charge is 0.322 e. The molecule has 23 heavy (non-hydrogen) atoms. The molecule has 0 fully saturated rings. The molecule has 2 aromatic heterocycles. The van der Waals surface area contributed by atoms with E-state index in [4.69, 9.17) is 20.8 Å². The first kappa shape index (κ1) is 15.5. The summed E-state index contributed by atoms with van der Waals surface area (Å²) < 4.78 is 11.4. The summed E-state index contributed by atoms with van der Waals surface area (Å²) in [5, 5.41) is 10.3. The van der Waals surface area contributed by atoms with Crippen LogP contribution in [0.15, 0.2) is 40.8 Å². The minimum absolute atomic E-state index is 0.0309. The molecule has 3 rings (SSSR count). The number of amides is 1. The Balaban J connectivity index is 1.71. The molecule has 0 saturated heterocycles. The third-order valence-electron chi connectivity index (χ3n) is 2.85. The molecule has 0 aliphatic heterocycles. The maximum Gasteiger partial charge on any atom is 0.322 e. The molecule has 0 spiro atoms. The van der Waals surface area contributed by atoms with Crippen LogP contribution in [0.4, 0.5) is 6.01 Å². The van der Waals surface area contributed by atoms with Gasteiger partial charge in [0, 0.05) is 5.56 Å². The number of ether oxygens (including phenoxy) is 1. The normalized spacial score (nSPS) is 10.5. The second-order valence-corrected chi connectivity index (χ2v) is 6.14. The third kappa shape index (κ3) is 3.69. The molecule has 0 radical (unpaired) electrons. The fraction of sp³-hybridized carbons (Fsp3) is 0.133. The Morgan fingerprint density at radius 1 is 1.26 bits per heavy atom. The SMILES string of the molecule is CCOc1ccc(-c2nnc(NC(=O)c3ccc(Cl)s3)o2)cc1. The molecule has 0 saturated carbocycles. The maximum absolute atomic E-state index is 12.0.